The van der Waals surface area contributed by atoms with E-state index in [1.54, 1.807) is 0 Å². The first kappa shape index (κ1) is 16.9. The van der Waals surface area contributed by atoms with Crippen molar-refractivity contribution in [2.45, 2.75) is 60.9 Å². The Morgan fingerprint density at radius 3 is 2.06 bits per heavy atom. The van der Waals surface area contributed by atoms with Crippen molar-refractivity contribution in [2.75, 3.05) is 19.8 Å². The first-order valence-corrected chi connectivity index (χ1v) is 7.09. The molecule has 0 amide bonds. The maximum absolute atomic E-state index is 5.72. The van der Waals surface area contributed by atoms with E-state index in [-0.39, 0.29) is 0 Å². The van der Waals surface area contributed by atoms with Gasteiger partial charge in [-0.3, -0.25) is 0 Å². The van der Waals surface area contributed by atoms with E-state index in [4.69, 9.17) is 4.74 Å². The quantitative estimate of drug-likeness (QED) is 0.623. The predicted molar refractivity (Wildman–Crippen MR) is 76.4 cm³/mol. The molecule has 0 aromatic rings. The summed E-state index contributed by atoms with van der Waals surface area (Å²) in [5.74, 6) is 1.31. The molecule has 0 heterocycles. The first-order valence-electron chi connectivity index (χ1n) is 7.09. The Bertz CT molecular complexity index is 189. The standard InChI is InChI=1S/C15H33NO/c1-12(2)10-17-9-8-15(7,13(3)4)11-16-14(5)6/h12-14,16H,8-11H2,1-7H3. The van der Waals surface area contributed by atoms with Crippen molar-refractivity contribution in [1.29, 1.82) is 0 Å². The Morgan fingerprint density at radius 1 is 1.06 bits per heavy atom. The third-order valence-electron chi connectivity index (χ3n) is 3.58. The minimum Gasteiger partial charge on any atom is -0.381 e. The average molecular weight is 243 g/mol. The molecule has 0 spiro atoms. The van der Waals surface area contributed by atoms with E-state index in [2.05, 4.69) is 53.8 Å². The molecule has 0 rings (SSSR count). The molecule has 17 heavy (non-hydrogen) atoms. The number of rotatable bonds is 9. The first-order chi connectivity index (χ1) is 7.78. The van der Waals surface area contributed by atoms with Gasteiger partial charge in [0.1, 0.15) is 0 Å². The van der Waals surface area contributed by atoms with Gasteiger partial charge in [-0.2, -0.15) is 0 Å². The fraction of sp³-hybridized carbons (Fsp3) is 1.00. The highest BCUT2D eigenvalue weighted by atomic mass is 16.5. The molecule has 104 valence electrons. The van der Waals surface area contributed by atoms with Gasteiger partial charge in [0.05, 0.1) is 0 Å². The molecule has 2 nitrogen and oxygen atoms in total. The molecule has 0 fully saturated rings. The van der Waals surface area contributed by atoms with Crippen LogP contribution in [0, 0.1) is 17.3 Å². The van der Waals surface area contributed by atoms with Gasteiger partial charge in [0.25, 0.3) is 0 Å². The highest BCUT2D eigenvalue weighted by Gasteiger charge is 2.27. The van der Waals surface area contributed by atoms with Crippen molar-refractivity contribution in [2.24, 2.45) is 17.3 Å². The van der Waals surface area contributed by atoms with Crippen molar-refractivity contribution in [3.63, 3.8) is 0 Å². The van der Waals surface area contributed by atoms with Crippen LogP contribution in [0.3, 0.4) is 0 Å². The molecule has 0 aliphatic rings. The predicted octanol–water partition coefficient (Wildman–Crippen LogP) is 3.71. The third-order valence-corrected chi connectivity index (χ3v) is 3.58. The second kappa shape index (κ2) is 8.10. The molecule has 0 aromatic carbocycles. The van der Waals surface area contributed by atoms with Gasteiger partial charge >= 0.3 is 0 Å². The highest BCUT2D eigenvalue weighted by Crippen LogP contribution is 2.30. The van der Waals surface area contributed by atoms with Gasteiger partial charge in [-0.05, 0) is 23.7 Å². The second-order valence-electron chi connectivity index (χ2n) is 6.56. The normalized spacial score (nSPS) is 15.9. The molecule has 0 aliphatic heterocycles. The molecule has 1 atom stereocenters. The lowest BCUT2D eigenvalue weighted by molar-refractivity contribution is 0.0642. The van der Waals surface area contributed by atoms with Crippen LogP contribution in [-0.4, -0.2) is 25.8 Å². The minimum absolute atomic E-state index is 0.335. The Hall–Kier alpha value is -0.0800. The third kappa shape index (κ3) is 7.77. The Morgan fingerprint density at radius 2 is 1.65 bits per heavy atom. The summed E-state index contributed by atoms with van der Waals surface area (Å²) in [7, 11) is 0. The van der Waals surface area contributed by atoms with E-state index in [1.165, 1.54) is 0 Å². The minimum atomic E-state index is 0.335. The Labute approximate surface area is 109 Å². The van der Waals surface area contributed by atoms with E-state index < -0.39 is 0 Å². The van der Waals surface area contributed by atoms with E-state index >= 15 is 0 Å². The zero-order valence-electron chi connectivity index (χ0n) is 13.0. The molecular formula is C15H33NO. The van der Waals surface area contributed by atoms with Gasteiger partial charge in [0, 0.05) is 25.8 Å². The summed E-state index contributed by atoms with van der Waals surface area (Å²) in [4.78, 5) is 0. The van der Waals surface area contributed by atoms with Crippen LogP contribution in [0.25, 0.3) is 0 Å². The van der Waals surface area contributed by atoms with Crippen molar-refractivity contribution in [3.8, 4) is 0 Å². The molecule has 1 N–H and O–H groups in total. The zero-order chi connectivity index (χ0) is 13.5. The van der Waals surface area contributed by atoms with E-state index in [0.29, 0.717) is 23.3 Å². The lowest BCUT2D eigenvalue weighted by atomic mass is 9.76. The lowest BCUT2D eigenvalue weighted by Crippen LogP contribution is -2.39. The van der Waals surface area contributed by atoms with Crippen LogP contribution >= 0.6 is 0 Å². The van der Waals surface area contributed by atoms with Gasteiger partial charge in [-0.1, -0.05) is 48.5 Å². The van der Waals surface area contributed by atoms with Crippen LogP contribution in [0.5, 0.6) is 0 Å². The highest BCUT2D eigenvalue weighted by molar-refractivity contribution is 4.80. The summed E-state index contributed by atoms with van der Waals surface area (Å²) in [6.45, 7) is 18.6. The molecule has 1 unspecified atom stereocenters. The molecule has 2 heteroatoms. The van der Waals surface area contributed by atoms with Crippen molar-refractivity contribution < 1.29 is 4.74 Å². The van der Waals surface area contributed by atoms with Crippen LogP contribution in [0.2, 0.25) is 0 Å². The lowest BCUT2D eigenvalue weighted by Gasteiger charge is -2.35. The molecule has 0 aliphatic carbocycles. The molecule has 0 saturated carbocycles. The van der Waals surface area contributed by atoms with E-state index in [9.17, 15) is 0 Å². The number of ether oxygens (including phenoxy) is 1. The SMILES string of the molecule is CC(C)COCCC(C)(CNC(C)C)C(C)C. The van der Waals surface area contributed by atoms with Gasteiger partial charge in [-0.15, -0.1) is 0 Å². The molecule has 0 aromatic heterocycles. The average Bonchev–Trinajstić information content (AvgIpc) is 2.21. The summed E-state index contributed by atoms with van der Waals surface area (Å²) in [5, 5.41) is 3.56. The van der Waals surface area contributed by atoms with Crippen molar-refractivity contribution in [3.05, 3.63) is 0 Å². The van der Waals surface area contributed by atoms with Crippen molar-refractivity contribution in [1.82, 2.24) is 5.32 Å². The van der Waals surface area contributed by atoms with Gasteiger partial charge in [-0.25, -0.2) is 0 Å². The number of hydrogen-bond donors (Lipinski definition) is 1. The molecular weight excluding hydrogens is 210 g/mol. The molecule has 0 radical (unpaired) electrons. The monoisotopic (exact) mass is 243 g/mol. The topological polar surface area (TPSA) is 21.3 Å². The summed E-state index contributed by atoms with van der Waals surface area (Å²) in [6, 6.07) is 0.560. The fourth-order valence-electron chi connectivity index (χ4n) is 1.64. The van der Waals surface area contributed by atoms with E-state index in [1.807, 2.05) is 0 Å². The van der Waals surface area contributed by atoms with Gasteiger partial charge < -0.3 is 10.1 Å². The smallest absolute Gasteiger partial charge is 0.0488 e. The van der Waals surface area contributed by atoms with Crippen molar-refractivity contribution >= 4 is 0 Å². The molecule has 0 bridgehead atoms. The summed E-state index contributed by atoms with van der Waals surface area (Å²) >= 11 is 0. The second-order valence-corrected chi connectivity index (χ2v) is 6.56. The summed E-state index contributed by atoms with van der Waals surface area (Å²) in [6.07, 6.45) is 1.14. The maximum atomic E-state index is 5.72. The largest absolute Gasteiger partial charge is 0.381 e. The number of nitrogens with one attached hydrogen (secondary N) is 1. The maximum Gasteiger partial charge on any atom is 0.0488 e. The fourth-order valence-corrected chi connectivity index (χ4v) is 1.64. The van der Waals surface area contributed by atoms with Crippen LogP contribution in [-0.2, 0) is 4.74 Å². The Kier molecular flexibility index (Phi) is 8.06. The number of hydrogen-bond acceptors (Lipinski definition) is 2. The van der Waals surface area contributed by atoms with Crippen LogP contribution in [0.1, 0.15) is 54.9 Å². The van der Waals surface area contributed by atoms with Crippen LogP contribution in [0.4, 0.5) is 0 Å². The van der Waals surface area contributed by atoms with Gasteiger partial charge in [0.15, 0.2) is 0 Å². The van der Waals surface area contributed by atoms with E-state index in [0.717, 1.165) is 26.2 Å². The molecule has 0 saturated heterocycles. The zero-order valence-corrected chi connectivity index (χ0v) is 13.0. The summed E-state index contributed by atoms with van der Waals surface area (Å²) < 4.78 is 5.72. The van der Waals surface area contributed by atoms with Gasteiger partial charge in [0.2, 0.25) is 0 Å². The Balaban J connectivity index is 4.03. The van der Waals surface area contributed by atoms with Crippen LogP contribution in [0.15, 0.2) is 0 Å². The summed E-state index contributed by atoms with van der Waals surface area (Å²) in [5.41, 5.74) is 0.335. The van der Waals surface area contributed by atoms with Crippen LogP contribution < -0.4 is 5.32 Å².